The van der Waals surface area contributed by atoms with Gasteiger partial charge in [-0.05, 0) is 30.2 Å². The molecule has 1 fully saturated rings. The van der Waals surface area contributed by atoms with E-state index >= 15 is 0 Å². The van der Waals surface area contributed by atoms with Gasteiger partial charge in [-0.25, -0.2) is 13.1 Å². The number of carbonyl (C=O) groups is 2. The predicted molar refractivity (Wildman–Crippen MR) is 114 cm³/mol. The minimum Gasteiger partial charge on any atom is -0.391 e. The molecule has 9 nitrogen and oxygen atoms in total. The van der Waals surface area contributed by atoms with Gasteiger partial charge < -0.3 is 10.0 Å². The molecule has 1 aliphatic heterocycles. The smallest absolute Gasteiger partial charge is 0.264 e. The number of β-amino-alcohol motifs (C(OH)–C–C–N with tert-alkyl or cyclic N) is 1. The second-order valence-electron chi connectivity index (χ2n) is 7.45. The minimum atomic E-state index is -3.66. The Bertz CT molecular complexity index is 1270. The fourth-order valence-electron chi connectivity index (χ4n) is 3.53. The number of sulfonamides is 1. The summed E-state index contributed by atoms with van der Waals surface area (Å²) in [5, 5.41) is 10.4. The first-order valence-corrected chi connectivity index (χ1v) is 11.4. The molecular weight excluding hydrogens is 420 g/mol. The highest BCUT2D eigenvalue weighted by Gasteiger charge is 2.26. The summed E-state index contributed by atoms with van der Waals surface area (Å²) in [5.74, 6) is -0.908. The molecule has 1 aliphatic rings. The molecule has 1 atom stereocenters. The molecule has 0 spiro atoms. The van der Waals surface area contributed by atoms with Gasteiger partial charge in [-0.15, -0.1) is 0 Å². The van der Waals surface area contributed by atoms with Gasteiger partial charge in [0.05, 0.1) is 29.6 Å². The lowest BCUT2D eigenvalue weighted by atomic mass is 10.0. The van der Waals surface area contributed by atoms with Gasteiger partial charge in [-0.1, -0.05) is 12.1 Å². The second kappa shape index (κ2) is 8.05. The molecule has 2 amide bonds. The number of hydrogen-bond donors (Lipinski definition) is 2. The molecule has 1 unspecified atom stereocenters. The highest BCUT2D eigenvalue weighted by molar-refractivity contribution is 7.89. The molecular formula is C21H20N4O5S. The quantitative estimate of drug-likeness (QED) is 0.623. The average molecular weight is 440 g/mol. The molecule has 160 valence electrons. The number of aromatic nitrogens is 2. The van der Waals surface area contributed by atoms with E-state index in [0.29, 0.717) is 36.0 Å². The van der Waals surface area contributed by atoms with Crippen molar-refractivity contribution in [2.75, 3.05) is 19.3 Å². The van der Waals surface area contributed by atoms with Crippen LogP contribution in [0.1, 0.15) is 27.1 Å². The molecule has 2 aromatic heterocycles. The van der Waals surface area contributed by atoms with Crippen molar-refractivity contribution < 1.29 is 23.1 Å². The van der Waals surface area contributed by atoms with Gasteiger partial charge in [-0.3, -0.25) is 19.6 Å². The molecule has 0 bridgehead atoms. The summed E-state index contributed by atoms with van der Waals surface area (Å²) in [5.41, 5.74) is 2.67. The van der Waals surface area contributed by atoms with E-state index in [1.807, 2.05) is 4.72 Å². The van der Waals surface area contributed by atoms with Gasteiger partial charge in [0.25, 0.3) is 11.8 Å². The SMILES string of the molecule is CS(=O)(=O)NC(=O)c1ccc(-c2cncc3ncc(C(=O)N4CCC(O)C4)cc23)cc1. The topological polar surface area (TPSA) is 130 Å². The van der Waals surface area contributed by atoms with Crippen LogP contribution in [-0.2, 0) is 10.0 Å². The molecule has 31 heavy (non-hydrogen) atoms. The number of nitrogens with one attached hydrogen (secondary N) is 1. The van der Waals surface area contributed by atoms with Gasteiger partial charge in [0.2, 0.25) is 10.0 Å². The van der Waals surface area contributed by atoms with Crippen molar-refractivity contribution in [1.29, 1.82) is 0 Å². The zero-order chi connectivity index (χ0) is 22.2. The lowest BCUT2D eigenvalue weighted by molar-refractivity contribution is 0.0764. The van der Waals surface area contributed by atoms with E-state index in [1.165, 1.54) is 18.3 Å². The average Bonchev–Trinajstić information content (AvgIpc) is 3.17. The normalized spacial score (nSPS) is 16.5. The van der Waals surface area contributed by atoms with E-state index in [-0.39, 0.29) is 11.5 Å². The number of pyridine rings is 2. The highest BCUT2D eigenvalue weighted by atomic mass is 32.2. The Morgan fingerprint density at radius 1 is 1.13 bits per heavy atom. The molecule has 1 saturated heterocycles. The van der Waals surface area contributed by atoms with Crippen molar-refractivity contribution in [2.45, 2.75) is 12.5 Å². The van der Waals surface area contributed by atoms with Crippen LogP contribution in [0.3, 0.4) is 0 Å². The monoisotopic (exact) mass is 440 g/mol. The van der Waals surface area contributed by atoms with Gasteiger partial charge in [-0.2, -0.15) is 0 Å². The van der Waals surface area contributed by atoms with Gasteiger partial charge in [0.15, 0.2) is 0 Å². The van der Waals surface area contributed by atoms with Crippen molar-refractivity contribution in [3.63, 3.8) is 0 Å². The zero-order valence-electron chi connectivity index (χ0n) is 16.6. The van der Waals surface area contributed by atoms with Crippen LogP contribution in [0, 0.1) is 0 Å². The summed E-state index contributed by atoms with van der Waals surface area (Å²) in [6.07, 6.45) is 5.70. The number of likely N-dealkylation sites (tertiary alicyclic amines) is 1. The number of aliphatic hydroxyl groups excluding tert-OH is 1. The van der Waals surface area contributed by atoms with E-state index in [2.05, 4.69) is 9.97 Å². The molecule has 3 aromatic rings. The minimum absolute atomic E-state index is 0.193. The molecule has 4 rings (SSSR count). The molecule has 0 aliphatic carbocycles. The summed E-state index contributed by atoms with van der Waals surface area (Å²) in [4.78, 5) is 35.0. The Morgan fingerprint density at radius 2 is 1.87 bits per heavy atom. The summed E-state index contributed by atoms with van der Waals surface area (Å²) < 4.78 is 24.4. The fraction of sp³-hybridized carbons (Fsp3) is 0.238. The number of carbonyl (C=O) groups excluding carboxylic acids is 2. The van der Waals surface area contributed by atoms with Crippen molar-refractivity contribution in [1.82, 2.24) is 19.6 Å². The van der Waals surface area contributed by atoms with Crippen molar-refractivity contribution in [3.05, 3.63) is 60.0 Å². The second-order valence-corrected chi connectivity index (χ2v) is 9.20. The summed E-state index contributed by atoms with van der Waals surface area (Å²) in [6.45, 7) is 0.801. The molecule has 0 saturated carbocycles. The Morgan fingerprint density at radius 3 is 2.52 bits per heavy atom. The van der Waals surface area contributed by atoms with Crippen molar-refractivity contribution in [3.8, 4) is 11.1 Å². The lowest BCUT2D eigenvalue weighted by Gasteiger charge is -2.16. The standard InChI is InChI=1S/C21H20N4O5S/c1-31(29,30)24-20(27)14-4-2-13(3-5-14)18-10-22-11-19-17(18)8-15(9-23-19)21(28)25-7-6-16(26)12-25/h2-5,8-11,16,26H,6-7,12H2,1H3,(H,24,27). The van der Waals surface area contributed by atoms with Crippen LogP contribution in [0.4, 0.5) is 0 Å². The molecule has 0 radical (unpaired) electrons. The Balaban J connectivity index is 1.67. The first kappa shape index (κ1) is 20.9. The molecule has 1 aromatic carbocycles. The molecule has 3 heterocycles. The van der Waals surface area contributed by atoms with Crippen LogP contribution in [0.5, 0.6) is 0 Å². The Kier molecular flexibility index (Phi) is 5.42. The van der Waals surface area contributed by atoms with Gasteiger partial charge in [0.1, 0.15) is 0 Å². The van der Waals surface area contributed by atoms with E-state index in [1.54, 1.807) is 35.5 Å². The number of benzene rings is 1. The van der Waals surface area contributed by atoms with Crippen LogP contribution in [0.15, 0.2) is 48.9 Å². The number of amides is 2. The molecule has 10 heteroatoms. The lowest BCUT2D eigenvalue weighted by Crippen LogP contribution is -2.29. The van der Waals surface area contributed by atoms with E-state index in [9.17, 15) is 23.1 Å². The van der Waals surface area contributed by atoms with Crippen LogP contribution in [-0.4, -0.2) is 65.7 Å². The molecule has 2 N–H and O–H groups in total. The third-order valence-electron chi connectivity index (χ3n) is 5.04. The van der Waals surface area contributed by atoms with Crippen LogP contribution < -0.4 is 4.72 Å². The van der Waals surface area contributed by atoms with E-state index < -0.39 is 22.0 Å². The number of hydrogen-bond acceptors (Lipinski definition) is 7. The number of aliphatic hydroxyl groups is 1. The number of fused-ring (bicyclic) bond motifs is 1. The third-order valence-corrected chi connectivity index (χ3v) is 5.60. The maximum Gasteiger partial charge on any atom is 0.264 e. The Labute approximate surface area is 178 Å². The van der Waals surface area contributed by atoms with Crippen LogP contribution >= 0.6 is 0 Å². The number of rotatable bonds is 4. The Hall–Kier alpha value is -3.37. The fourth-order valence-corrected chi connectivity index (χ4v) is 3.98. The maximum atomic E-state index is 12.8. The number of nitrogens with zero attached hydrogens (tertiary/aromatic N) is 3. The van der Waals surface area contributed by atoms with Crippen molar-refractivity contribution in [2.24, 2.45) is 0 Å². The van der Waals surface area contributed by atoms with Crippen LogP contribution in [0.2, 0.25) is 0 Å². The maximum absolute atomic E-state index is 12.8. The van der Waals surface area contributed by atoms with E-state index in [4.69, 9.17) is 0 Å². The van der Waals surface area contributed by atoms with E-state index in [0.717, 1.165) is 17.4 Å². The third kappa shape index (κ3) is 4.54. The summed E-state index contributed by atoms with van der Waals surface area (Å²) in [6, 6.07) is 8.14. The zero-order valence-corrected chi connectivity index (χ0v) is 17.5. The largest absolute Gasteiger partial charge is 0.391 e. The van der Waals surface area contributed by atoms with Crippen molar-refractivity contribution >= 4 is 32.7 Å². The summed E-state index contributed by atoms with van der Waals surface area (Å²) in [7, 11) is -3.66. The first-order valence-electron chi connectivity index (χ1n) is 9.55. The van der Waals surface area contributed by atoms with Gasteiger partial charge in [0, 0.05) is 42.0 Å². The van der Waals surface area contributed by atoms with Gasteiger partial charge >= 0.3 is 0 Å². The van der Waals surface area contributed by atoms with Crippen LogP contribution in [0.25, 0.3) is 22.0 Å². The summed E-state index contributed by atoms with van der Waals surface area (Å²) >= 11 is 0. The first-order chi connectivity index (χ1) is 14.7. The highest BCUT2D eigenvalue weighted by Crippen LogP contribution is 2.28. The predicted octanol–water partition coefficient (Wildman–Crippen LogP) is 1.19.